The van der Waals surface area contributed by atoms with Crippen LogP contribution < -0.4 is 9.62 Å². The number of para-hydroxylation sites is 1. The van der Waals surface area contributed by atoms with Gasteiger partial charge in [0.1, 0.15) is 0 Å². The second kappa shape index (κ2) is 5.83. The van der Waals surface area contributed by atoms with Gasteiger partial charge in [0.05, 0.1) is 17.1 Å². The first-order valence-electron chi connectivity index (χ1n) is 6.85. The summed E-state index contributed by atoms with van der Waals surface area (Å²) >= 11 is 0. The first kappa shape index (κ1) is 14.8. The van der Waals surface area contributed by atoms with Crippen molar-refractivity contribution in [3.8, 4) is 0 Å². The number of nitrogens with one attached hydrogen (secondary N) is 1. The van der Waals surface area contributed by atoms with E-state index < -0.39 is 10.0 Å². The molecule has 2 rings (SSSR count). The van der Waals surface area contributed by atoms with Crippen LogP contribution in [0.4, 0.5) is 11.4 Å². The molecule has 0 aromatic heterocycles. The minimum absolute atomic E-state index is 0.0658. The molecule has 1 aliphatic rings. The fraction of sp³-hybridized carbons (Fsp3) is 0.500. The Morgan fingerprint density at radius 1 is 1.40 bits per heavy atom. The van der Waals surface area contributed by atoms with Crippen LogP contribution in [0.5, 0.6) is 0 Å². The fourth-order valence-corrected chi connectivity index (χ4v) is 3.68. The van der Waals surface area contributed by atoms with E-state index >= 15 is 0 Å². The zero-order valence-electron chi connectivity index (χ0n) is 11.8. The van der Waals surface area contributed by atoms with Crippen molar-refractivity contribution >= 4 is 27.3 Å². The minimum atomic E-state index is -3.36. The number of nitrogens with zero attached hydrogens (tertiary/aromatic N) is 1. The van der Waals surface area contributed by atoms with Crippen LogP contribution in [0.2, 0.25) is 0 Å². The quantitative estimate of drug-likeness (QED) is 0.905. The number of carbonyl (C=O) groups excluding carboxylic acids is 1. The Bertz CT molecular complexity index is 611. The Balaban J connectivity index is 2.31. The smallest absolute Gasteiger partial charge is 0.232 e. The van der Waals surface area contributed by atoms with Crippen molar-refractivity contribution in [2.45, 2.75) is 33.1 Å². The van der Waals surface area contributed by atoms with Crippen molar-refractivity contribution < 1.29 is 13.2 Å². The number of unbranched alkanes of at least 4 members (excludes halogenated alkanes) is 1. The Hall–Kier alpha value is -1.56. The van der Waals surface area contributed by atoms with Crippen LogP contribution in [0.1, 0.15) is 32.3 Å². The van der Waals surface area contributed by atoms with Crippen molar-refractivity contribution in [3.05, 3.63) is 23.8 Å². The highest BCUT2D eigenvalue weighted by molar-refractivity contribution is 7.92. The summed E-state index contributed by atoms with van der Waals surface area (Å²) in [6.07, 6.45) is 2.22. The van der Waals surface area contributed by atoms with E-state index in [-0.39, 0.29) is 11.7 Å². The fourth-order valence-electron chi connectivity index (χ4n) is 2.41. The summed E-state index contributed by atoms with van der Waals surface area (Å²) in [6, 6.07) is 5.46. The lowest BCUT2D eigenvalue weighted by molar-refractivity contribution is -0.116. The number of hydrogen-bond donors (Lipinski definition) is 1. The third-order valence-corrected chi connectivity index (χ3v) is 4.76. The number of amides is 1. The molecule has 0 fully saturated rings. The third-order valence-electron chi connectivity index (χ3n) is 3.41. The van der Waals surface area contributed by atoms with E-state index in [1.54, 1.807) is 11.0 Å². The number of sulfonamides is 1. The molecule has 1 amide bonds. The maximum Gasteiger partial charge on any atom is 0.232 e. The van der Waals surface area contributed by atoms with Gasteiger partial charge in [-0.15, -0.1) is 0 Å². The zero-order chi connectivity index (χ0) is 14.8. The monoisotopic (exact) mass is 296 g/mol. The van der Waals surface area contributed by atoms with Crippen molar-refractivity contribution in [2.75, 3.05) is 21.9 Å². The molecule has 1 aliphatic heterocycles. The van der Waals surface area contributed by atoms with Gasteiger partial charge < -0.3 is 4.90 Å². The van der Waals surface area contributed by atoms with Gasteiger partial charge in [-0.3, -0.25) is 9.52 Å². The van der Waals surface area contributed by atoms with Crippen LogP contribution in [0.15, 0.2) is 18.2 Å². The number of carbonyl (C=O) groups is 1. The molecule has 0 aliphatic carbocycles. The largest absolute Gasteiger partial charge is 0.310 e. The second-order valence-electron chi connectivity index (χ2n) is 5.01. The highest BCUT2D eigenvalue weighted by atomic mass is 32.2. The molecule has 0 radical (unpaired) electrons. The van der Waals surface area contributed by atoms with Crippen LogP contribution in [0.25, 0.3) is 0 Å². The molecular weight excluding hydrogens is 276 g/mol. The molecule has 1 N–H and O–H groups in total. The second-order valence-corrected chi connectivity index (χ2v) is 6.85. The van der Waals surface area contributed by atoms with E-state index in [4.69, 9.17) is 0 Å². The summed E-state index contributed by atoms with van der Waals surface area (Å²) in [4.78, 5) is 13.3. The van der Waals surface area contributed by atoms with E-state index in [2.05, 4.69) is 4.72 Å². The van der Waals surface area contributed by atoms with E-state index in [1.807, 2.05) is 19.1 Å². The Morgan fingerprint density at radius 2 is 2.15 bits per heavy atom. The lowest BCUT2D eigenvalue weighted by atomic mass is 10.1. The van der Waals surface area contributed by atoms with E-state index in [1.165, 1.54) is 6.92 Å². The normalized spacial score (nSPS) is 14.2. The van der Waals surface area contributed by atoms with Gasteiger partial charge in [0.2, 0.25) is 15.9 Å². The van der Waals surface area contributed by atoms with Crippen LogP contribution in [-0.2, 0) is 21.2 Å². The lowest BCUT2D eigenvalue weighted by Crippen LogP contribution is -2.27. The highest BCUT2D eigenvalue weighted by Gasteiger charge is 2.26. The van der Waals surface area contributed by atoms with Crippen molar-refractivity contribution in [2.24, 2.45) is 0 Å². The van der Waals surface area contributed by atoms with Crippen LogP contribution in [0.3, 0.4) is 0 Å². The molecule has 0 saturated carbocycles. The molecule has 0 saturated heterocycles. The molecule has 0 atom stereocenters. The topological polar surface area (TPSA) is 66.5 Å². The molecule has 20 heavy (non-hydrogen) atoms. The van der Waals surface area contributed by atoms with Gasteiger partial charge in [-0.05, 0) is 24.5 Å². The van der Waals surface area contributed by atoms with E-state index in [0.717, 1.165) is 18.4 Å². The van der Waals surface area contributed by atoms with Gasteiger partial charge >= 0.3 is 0 Å². The minimum Gasteiger partial charge on any atom is -0.310 e. The summed E-state index contributed by atoms with van der Waals surface area (Å²) < 4.78 is 26.7. The summed E-state index contributed by atoms with van der Waals surface area (Å²) in [5.74, 6) is 0.0386. The standard InChI is InChI=1S/C14H20N2O3S/c1-3-4-10-20(18,19)15-13-7-5-6-12-8-9-16(11(2)17)14(12)13/h5-7,15H,3-4,8-10H2,1-2H3. The van der Waals surface area contributed by atoms with Crippen molar-refractivity contribution in [1.29, 1.82) is 0 Å². The molecule has 6 heteroatoms. The van der Waals surface area contributed by atoms with Gasteiger partial charge in [-0.2, -0.15) is 0 Å². The van der Waals surface area contributed by atoms with Crippen molar-refractivity contribution in [1.82, 2.24) is 0 Å². The average molecular weight is 296 g/mol. The van der Waals surface area contributed by atoms with Crippen LogP contribution in [0, 0.1) is 0 Å². The Morgan fingerprint density at radius 3 is 2.80 bits per heavy atom. The van der Waals surface area contributed by atoms with Gasteiger partial charge in [0, 0.05) is 13.5 Å². The molecule has 1 aromatic carbocycles. The molecule has 110 valence electrons. The van der Waals surface area contributed by atoms with Crippen molar-refractivity contribution in [3.63, 3.8) is 0 Å². The predicted octanol–water partition coefficient (Wildman–Crippen LogP) is 2.14. The summed E-state index contributed by atoms with van der Waals surface area (Å²) in [5.41, 5.74) is 2.22. The number of rotatable bonds is 5. The Labute approximate surface area is 120 Å². The molecule has 5 nitrogen and oxygen atoms in total. The highest BCUT2D eigenvalue weighted by Crippen LogP contribution is 2.36. The number of fused-ring (bicyclic) bond motifs is 1. The first-order chi connectivity index (χ1) is 9.44. The molecule has 1 heterocycles. The molecule has 0 unspecified atom stereocenters. The van der Waals surface area contributed by atoms with E-state index in [0.29, 0.717) is 24.3 Å². The van der Waals surface area contributed by atoms with Gasteiger partial charge in [0.25, 0.3) is 0 Å². The lowest BCUT2D eigenvalue weighted by Gasteiger charge is -2.19. The predicted molar refractivity (Wildman–Crippen MR) is 80.5 cm³/mol. The van der Waals surface area contributed by atoms with Crippen LogP contribution in [-0.4, -0.2) is 26.6 Å². The zero-order valence-corrected chi connectivity index (χ0v) is 12.7. The average Bonchev–Trinajstić information content (AvgIpc) is 2.81. The van der Waals surface area contributed by atoms with E-state index in [9.17, 15) is 13.2 Å². The summed E-state index contributed by atoms with van der Waals surface area (Å²) in [6.45, 7) is 4.06. The molecule has 0 bridgehead atoms. The molecule has 0 spiro atoms. The van der Waals surface area contributed by atoms with Gasteiger partial charge in [0.15, 0.2) is 0 Å². The maximum absolute atomic E-state index is 12.0. The summed E-state index contributed by atoms with van der Waals surface area (Å²) in [7, 11) is -3.36. The van der Waals surface area contributed by atoms with Crippen LogP contribution >= 0.6 is 0 Å². The van der Waals surface area contributed by atoms with Gasteiger partial charge in [-0.1, -0.05) is 25.5 Å². The first-order valence-corrected chi connectivity index (χ1v) is 8.50. The number of hydrogen-bond acceptors (Lipinski definition) is 3. The molecular formula is C14H20N2O3S. The SMILES string of the molecule is CCCCS(=O)(=O)Nc1cccc2c1N(C(C)=O)CC2. The third kappa shape index (κ3) is 3.12. The molecule has 1 aromatic rings. The summed E-state index contributed by atoms with van der Waals surface area (Å²) in [5, 5.41) is 0. The van der Waals surface area contributed by atoms with Gasteiger partial charge in [-0.25, -0.2) is 8.42 Å². The number of anilines is 2. The Kier molecular flexibility index (Phi) is 4.32. The maximum atomic E-state index is 12.0. The number of benzene rings is 1.